The van der Waals surface area contributed by atoms with E-state index in [0.717, 1.165) is 28.2 Å². The molecule has 0 atom stereocenters. The summed E-state index contributed by atoms with van der Waals surface area (Å²) in [6.45, 7) is 11.5. The third-order valence-electron chi connectivity index (χ3n) is 3.71. The van der Waals surface area contributed by atoms with Crippen LogP contribution in [0.3, 0.4) is 0 Å². The number of hydrogen-bond donors (Lipinski definition) is 2. The predicted octanol–water partition coefficient (Wildman–Crippen LogP) is 3.72. The number of hydrogen-bond acceptors (Lipinski definition) is 5. The zero-order valence-corrected chi connectivity index (χ0v) is 14.6. The van der Waals surface area contributed by atoms with Gasteiger partial charge in [-0.3, -0.25) is 4.79 Å². The largest absolute Gasteiger partial charge is 0.507 e. The highest BCUT2D eigenvalue weighted by atomic mass is 32.1. The second-order valence-electron chi connectivity index (χ2n) is 6.49. The number of aryl methyl sites for hydroxylation is 1. The van der Waals surface area contributed by atoms with Gasteiger partial charge in [0, 0.05) is 11.1 Å². The minimum absolute atomic E-state index is 0.215. The smallest absolute Gasteiger partial charge is 0.269 e. The summed E-state index contributed by atoms with van der Waals surface area (Å²) in [5.41, 5.74) is 3.51. The molecule has 0 aliphatic rings. The van der Waals surface area contributed by atoms with Gasteiger partial charge in [-0.25, -0.2) is 0 Å². The molecule has 22 heavy (non-hydrogen) atoms. The first-order valence-electron chi connectivity index (χ1n) is 7.07. The summed E-state index contributed by atoms with van der Waals surface area (Å²) in [6.07, 6.45) is 0. The van der Waals surface area contributed by atoms with Crippen LogP contribution in [0, 0.1) is 20.8 Å². The Kier molecular flexibility index (Phi) is 4.24. The zero-order valence-electron chi connectivity index (χ0n) is 13.7. The van der Waals surface area contributed by atoms with Crippen molar-refractivity contribution in [3.8, 4) is 5.75 Å². The second-order valence-corrected chi connectivity index (χ2v) is 7.25. The molecule has 118 valence electrons. The molecule has 0 aliphatic carbocycles. The van der Waals surface area contributed by atoms with Crippen molar-refractivity contribution in [2.45, 2.75) is 47.0 Å². The Hall–Kier alpha value is -1.95. The Labute approximate surface area is 134 Å². The van der Waals surface area contributed by atoms with Crippen molar-refractivity contribution in [1.29, 1.82) is 0 Å². The van der Waals surface area contributed by atoms with E-state index in [9.17, 15) is 9.90 Å². The zero-order chi connectivity index (χ0) is 16.7. The van der Waals surface area contributed by atoms with Crippen LogP contribution in [-0.4, -0.2) is 20.6 Å². The highest BCUT2D eigenvalue weighted by Crippen LogP contribution is 2.32. The van der Waals surface area contributed by atoms with Crippen molar-refractivity contribution < 1.29 is 9.90 Å². The first kappa shape index (κ1) is 16.4. The van der Waals surface area contributed by atoms with E-state index >= 15 is 0 Å². The number of nitrogens with zero attached hydrogens (tertiary/aromatic N) is 2. The monoisotopic (exact) mass is 319 g/mol. The summed E-state index contributed by atoms with van der Waals surface area (Å²) in [5.74, 6) is 0.0536. The lowest BCUT2D eigenvalue weighted by atomic mass is 9.91. The number of rotatable bonds is 2. The molecule has 0 unspecified atom stereocenters. The average Bonchev–Trinajstić information content (AvgIpc) is 2.92. The van der Waals surface area contributed by atoms with Crippen molar-refractivity contribution in [3.05, 3.63) is 33.3 Å². The van der Waals surface area contributed by atoms with Gasteiger partial charge in [0.15, 0.2) is 0 Å². The molecule has 1 amide bonds. The van der Waals surface area contributed by atoms with Gasteiger partial charge >= 0.3 is 0 Å². The van der Waals surface area contributed by atoms with E-state index in [-0.39, 0.29) is 17.1 Å². The van der Waals surface area contributed by atoms with Crippen LogP contribution in [0.5, 0.6) is 5.75 Å². The average molecular weight is 319 g/mol. The van der Waals surface area contributed by atoms with Gasteiger partial charge in [-0.15, -0.1) is 5.10 Å². The Balaban J connectivity index is 2.37. The predicted molar refractivity (Wildman–Crippen MR) is 88.9 cm³/mol. The number of aromatic hydroxyl groups is 1. The molecule has 1 heterocycles. The maximum atomic E-state index is 12.6. The number of nitrogens with one attached hydrogen (secondary N) is 1. The van der Waals surface area contributed by atoms with E-state index in [1.807, 2.05) is 41.5 Å². The number of amides is 1. The topological polar surface area (TPSA) is 75.1 Å². The standard InChI is InChI=1S/C16H21N3O2S/c1-8-7-11(9(2)10(3)12(8)20)17-15(21)13-14(16(4,5)6)18-19-22-13/h7,20H,1-6H3,(H,17,21). The van der Waals surface area contributed by atoms with E-state index < -0.39 is 0 Å². The van der Waals surface area contributed by atoms with E-state index in [1.54, 1.807) is 6.07 Å². The van der Waals surface area contributed by atoms with E-state index in [1.165, 1.54) is 0 Å². The van der Waals surface area contributed by atoms with Crippen LogP contribution in [-0.2, 0) is 5.41 Å². The molecular formula is C16H21N3O2S. The first-order valence-corrected chi connectivity index (χ1v) is 7.84. The fraction of sp³-hybridized carbons (Fsp3) is 0.438. The van der Waals surface area contributed by atoms with Crippen molar-refractivity contribution in [2.75, 3.05) is 5.32 Å². The Morgan fingerprint density at radius 2 is 1.86 bits per heavy atom. The number of carbonyl (C=O) groups is 1. The normalized spacial score (nSPS) is 11.5. The summed E-state index contributed by atoms with van der Waals surface area (Å²) in [7, 11) is 0. The van der Waals surface area contributed by atoms with Gasteiger partial charge in [-0.2, -0.15) is 0 Å². The number of phenolic OH excluding ortho intramolecular Hbond substituents is 1. The fourth-order valence-corrected chi connectivity index (χ4v) is 2.98. The molecule has 0 saturated heterocycles. The lowest BCUT2D eigenvalue weighted by Gasteiger charge is -2.17. The first-order chi connectivity index (χ1) is 10.1. The van der Waals surface area contributed by atoms with Gasteiger partial charge < -0.3 is 10.4 Å². The van der Waals surface area contributed by atoms with Gasteiger partial charge in [0.1, 0.15) is 10.6 Å². The van der Waals surface area contributed by atoms with Gasteiger partial charge in [-0.05, 0) is 55.1 Å². The minimum atomic E-state index is -0.241. The van der Waals surface area contributed by atoms with Crippen LogP contribution in [0.1, 0.15) is 52.8 Å². The molecule has 0 radical (unpaired) electrons. The SMILES string of the molecule is Cc1cc(NC(=O)c2snnc2C(C)(C)C)c(C)c(C)c1O. The summed E-state index contributed by atoms with van der Waals surface area (Å²) < 4.78 is 3.91. The lowest BCUT2D eigenvalue weighted by molar-refractivity contribution is 0.102. The molecule has 5 nitrogen and oxygen atoms in total. The van der Waals surface area contributed by atoms with E-state index in [0.29, 0.717) is 16.3 Å². The molecule has 2 aromatic rings. The van der Waals surface area contributed by atoms with Gasteiger partial charge in [0.05, 0.1) is 5.69 Å². The maximum absolute atomic E-state index is 12.6. The molecule has 0 aliphatic heterocycles. The molecule has 2 rings (SSSR count). The minimum Gasteiger partial charge on any atom is -0.507 e. The molecule has 0 saturated carbocycles. The van der Waals surface area contributed by atoms with Crippen molar-refractivity contribution in [1.82, 2.24) is 9.59 Å². The molecule has 0 spiro atoms. The van der Waals surface area contributed by atoms with Gasteiger partial charge in [0.25, 0.3) is 5.91 Å². The molecule has 2 N–H and O–H groups in total. The molecule has 6 heteroatoms. The van der Waals surface area contributed by atoms with Gasteiger partial charge in [0.2, 0.25) is 0 Å². The lowest BCUT2D eigenvalue weighted by Crippen LogP contribution is -2.20. The molecule has 1 aromatic carbocycles. The summed E-state index contributed by atoms with van der Waals surface area (Å²) in [4.78, 5) is 13.1. The number of phenols is 1. The van der Waals surface area contributed by atoms with E-state index in [2.05, 4.69) is 14.9 Å². The second kappa shape index (κ2) is 5.68. The maximum Gasteiger partial charge on any atom is 0.269 e. The van der Waals surface area contributed by atoms with Crippen molar-refractivity contribution in [3.63, 3.8) is 0 Å². The van der Waals surface area contributed by atoms with Crippen LogP contribution < -0.4 is 5.32 Å². The number of aromatic nitrogens is 2. The number of carbonyl (C=O) groups excluding carboxylic acids is 1. The summed E-state index contributed by atoms with van der Waals surface area (Å²) in [5, 5.41) is 17.0. The van der Waals surface area contributed by atoms with Crippen LogP contribution >= 0.6 is 11.5 Å². The Morgan fingerprint density at radius 1 is 1.23 bits per heavy atom. The number of anilines is 1. The Morgan fingerprint density at radius 3 is 2.45 bits per heavy atom. The molecular weight excluding hydrogens is 298 g/mol. The molecule has 0 bridgehead atoms. The Bertz CT molecular complexity index is 730. The molecule has 0 fully saturated rings. The quantitative estimate of drug-likeness (QED) is 0.827. The van der Waals surface area contributed by atoms with Crippen molar-refractivity contribution in [2.24, 2.45) is 0 Å². The van der Waals surface area contributed by atoms with Gasteiger partial charge in [-0.1, -0.05) is 25.3 Å². The summed E-state index contributed by atoms with van der Waals surface area (Å²) >= 11 is 1.10. The molecule has 1 aromatic heterocycles. The van der Waals surface area contributed by atoms with Crippen molar-refractivity contribution >= 4 is 23.1 Å². The number of benzene rings is 1. The van der Waals surface area contributed by atoms with Crippen LogP contribution in [0.2, 0.25) is 0 Å². The highest BCUT2D eigenvalue weighted by Gasteiger charge is 2.26. The fourth-order valence-electron chi connectivity index (χ4n) is 2.21. The van der Waals surface area contributed by atoms with Crippen LogP contribution in [0.4, 0.5) is 5.69 Å². The summed E-state index contributed by atoms with van der Waals surface area (Å²) in [6, 6.07) is 1.78. The third kappa shape index (κ3) is 2.97. The van der Waals surface area contributed by atoms with E-state index in [4.69, 9.17) is 0 Å². The third-order valence-corrected chi connectivity index (χ3v) is 4.43. The van der Waals surface area contributed by atoms with Crippen LogP contribution in [0.25, 0.3) is 0 Å². The highest BCUT2D eigenvalue weighted by molar-refractivity contribution is 7.08. The van der Waals surface area contributed by atoms with Crippen LogP contribution in [0.15, 0.2) is 6.07 Å².